The highest BCUT2D eigenvalue weighted by molar-refractivity contribution is 5.95. The number of carbonyl (C=O) groups is 1. The van der Waals surface area contributed by atoms with Crippen LogP contribution in [-0.2, 0) is 0 Å². The molecule has 6 nitrogen and oxygen atoms in total. The van der Waals surface area contributed by atoms with Crippen LogP contribution < -0.4 is 10.1 Å². The summed E-state index contributed by atoms with van der Waals surface area (Å²) in [5.41, 5.74) is 0.866. The van der Waals surface area contributed by atoms with Crippen LogP contribution in [0.15, 0.2) is 36.5 Å². The Kier molecular flexibility index (Phi) is 5.08. The first-order chi connectivity index (χ1) is 12.1. The molecule has 1 amide bonds. The molecule has 1 aliphatic carbocycles. The zero-order chi connectivity index (χ0) is 17.9. The Morgan fingerprint density at radius 2 is 2.20 bits per heavy atom. The fourth-order valence-corrected chi connectivity index (χ4v) is 3.38. The number of rotatable bonds is 6. The first-order valence-corrected chi connectivity index (χ1v) is 8.77. The molecule has 134 valence electrons. The molecule has 6 heteroatoms. The van der Waals surface area contributed by atoms with Gasteiger partial charge in [-0.15, -0.1) is 0 Å². The maximum atomic E-state index is 12.8. The van der Waals surface area contributed by atoms with Crippen LogP contribution in [0.3, 0.4) is 0 Å². The Hall–Kier alpha value is -2.34. The topological polar surface area (TPSA) is 76.4 Å². The monoisotopic (exact) mass is 343 g/mol. The number of aliphatic hydroxyl groups excluding tert-OH is 1. The number of carbonyl (C=O) groups excluding carboxylic acids is 1. The van der Waals surface area contributed by atoms with Gasteiger partial charge in [-0.3, -0.25) is 4.79 Å². The third-order valence-electron chi connectivity index (χ3n) is 4.96. The van der Waals surface area contributed by atoms with Gasteiger partial charge in [-0.2, -0.15) is 5.10 Å². The van der Waals surface area contributed by atoms with Gasteiger partial charge < -0.3 is 15.2 Å². The molecule has 25 heavy (non-hydrogen) atoms. The Bertz CT molecular complexity index is 729. The van der Waals surface area contributed by atoms with Gasteiger partial charge in [-0.25, -0.2) is 4.68 Å². The highest BCUT2D eigenvalue weighted by Crippen LogP contribution is 2.37. The molecule has 2 aromatic rings. The summed E-state index contributed by atoms with van der Waals surface area (Å²) in [4.78, 5) is 12.8. The van der Waals surface area contributed by atoms with E-state index in [1.54, 1.807) is 10.9 Å². The number of ether oxygens (including phenoxy) is 1. The molecule has 1 heterocycles. The Balaban J connectivity index is 1.85. The highest BCUT2D eigenvalue weighted by Gasteiger charge is 2.39. The molecule has 2 unspecified atom stereocenters. The lowest BCUT2D eigenvalue weighted by molar-refractivity contribution is 0.0822. The van der Waals surface area contributed by atoms with Crippen LogP contribution in [0, 0.1) is 5.41 Å². The minimum atomic E-state index is -0.274. The van der Waals surface area contributed by atoms with Crippen LogP contribution in [-0.4, -0.2) is 40.0 Å². The van der Waals surface area contributed by atoms with Crippen molar-refractivity contribution in [3.05, 3.63) is 42.2 Å². The molecular formula is C19H25N3O3. The second kappa shape index (κ2) is 7.27. The molecule has 2 N–H and O–H groups in total. The summed E-state index contributed by atoms with van der Waals surface area (Å²) in [6, 6.07) is 9.56. The van der Waals surface area contributed by atoms with E-state index in [1.807, 2.05) is 44.2 Å². The summed E-state index contributed by atoms with van der Waals surface area (Å²) < 4.78 is 7.26. The largest absolute Gasteiger partial charge is 0.490 e. The lowest BCUT2D eigenvalue weighted by Crippen LogP contribution is -2.45. The number of hydrogen-bond acceptors (Lipinski definition) is 4. The molecule has 0 spiro atoms. The number of para-hydroxylation sites is 1. The molecular weight excluding hydrogens is 318 g/mol. The predicted molar refractivity (Wildman–Crippen MR) is 95.0 cm³/mol. The highest BCUT2D eigenvalue weighted by atomic mass is 16.5. The van der Waals surface area contributed by atoms with E-state index >= 15 is 0 Å². The van der Waals surface area contributed by atoms with E-state index in [2.05, 4.69) is 10.4 Å². The van der Waals surface area contributed by atoms with Gasteiger partial charge in [-0.1, -0.05) is 31.5 Å². The standard InChI is InChI=1S/C19H25N3O3/c1-3-25-15-12-22(14-8-5-4-6-9-14)21-17(15)18(24)20-16-10-7-11-19(16,2)13-23/h4-6,8-9,12,16,23H,3,7,10-11,13H2,1-2H3,(H,20,24). The summed E-state index contributed by atoms with van der Waals surface area (Å²) in [6.45, 7) is 4.41. The average molecular weight is 343 g/mol. The third kappa shape index (κ3) is 3.54. The molecule has 0 saturated heterocycles. The van der Waals surface area contributed by atoms with E-state index < -0.39 is 0 Å². The van der Waals surface area contributed by atoms with Crippen molar-refractivity contribution in [1.29, 1.82) is 0 Å². The second-order valence-corrected chi connectivity index (χ2v) is 6.79. The van der Waals surface area contributed by atoms with Gasteiger partial charge in [0.1, 0.15) is 0 Å². The minimum Gasteiger partial charge on any atom is -0.490 e. The number of nitrogens with one attached hydrogen (secondary N) is 1. The summed E-state index contributed by atoms with van der Waals surface area (Å²) in [5, 5.41) is 17.2. The van der Waals surface area contributed by atoms with Crippen molar-refractivity contribution < 1.29 is 14.6 Å². The number of aromatic nitrogens is 2. The SMILES string of the molecule is CCOc1cn(-c2ccccc2)nc1C(=O)NC1CCCC1(C)CO. The van der Waals surface area contributed by atoms with E-state index in [-0.39, 0.29) is 29.7 Å². The summed E-state index contributed by atoms with van der Waals surface area (Å²) in [7, 11) is 0. The van der Waals surface area contributed by atoms with Gasteiger partial charge in [0.25, 0.3) is 5.91 Å². The van der Waals surface area contributed by atoms with Crippen LogP contribution in [0.2, 0.25) is 0 Å². The van der Waals surface area contributed by atoms with Crippen molar-refractivity contribution in [2.45, 2.75) is 39.2 Å². The van der Waals surface area contributed by atoms with Crippen molar-refractivity contribution in [1.82, 2.24) is 15.1 Å². The van der Waals surface area contributed by atoms with E-state index in [0.717, 1.165) is 24.9 Å². The van der Waals surface area contributed by atoms with Crippen LogP contribution in [0.4, 0.5) is 0 Å². The third-order valence-corrected chi connectivity index (χ3v) is 4.96. The van der Waals surface area contributed by atoms with Gasteiger partial charge in [-0.05, 0) is 31.9 Å². The normalized spacial score (nSPS) is 22.8. The van der Waals surface area contributed by atoms with Gasteiger partial charge in [0, 0.05) is 11.5 Å². The van der Waals surface area contributed by atoms with Gasteiger partial charge in [0.2, 0.25) is 0 Å². The lowest BCUT2D eigenvalue weighted by Gasteiger charge is -2.29. The maximum Gasteiger partial charge on any atom is 0.275 e. The van der Waals surface area contributed by atoms with E-state index in [1.165, 1.54) is 0 Å². The number of amides is 1. The Morgan fingerprint density at radius 1 is 1.44 bits per heavy atom. The van der Waals surface area contributed by atoms with Crippen molar-refractivity contribution in [2.24, 2.45) is 5.41 Å². The molecule has 1 saturated carbocycles. The average Bonchev–Trinajstić information content (AvgIpc) is 3.21. The molecule has 3 rings (SSSR count). The van der Waals surface area contributed by atoms with E-state index in [4.69, 9.17) is 4.74 Å². The van der Waals surface area contributed by atoms with E-state index in [0.29, 0.717) is 12.4 Å². The van der Waals surface area contributed by atoms with Gasteiger partial charge >= 0.3 is 0 Å². The smallest absolute Gasteiger partial charge is 0.275 e. The lowest BCUT2D eigenvalue weighted by atomic mass is 9.86. The van der Waals surface area contributed by atoms with E-state index in [9.17, 15) is 9.90 Å². The second-order valence-electron chi connectivity index (χ2n) is 6.79. The fraction of sp³-hybridized carbons (Fsp3) is 0.474. The number of hydrogen-bond donors (Lipinski definition) is 2. The Labute approximate surface area is 147 Å². The molecule has 0 bridgehead atoms. The number of aliphatic hydroxyl groups is 1. The number of benzene rings is 1. The minimum absolute atomic E-state index is 0.0543. The van der Waals surface area contributed by atoms with Gasteiger partial charge in [0.05, 0.1) is 25.1 Å². The molecule has 1 fully saturated rings. The molecule has 0 aliphatic heterocycles. The molecule has 1 aliphatic rings. The number of nitrogens with zero attached hydrogens (tertiary/aromatic N) is 2. The zero-order valence-corrected chi connectivity index (χ0v) is 14.7. The van der Waals surface area contributed by atoms with Crippen molar-refractivity contribution >= 4 is 5.91 Å². The molecule has 0 radical (unpaired) electrons. The maximum absolute atomic E-state index is 12.8. The van der Waals surface area contributed by atoms with Crippen molar-refractivity contribution in [2.75, 3.05) is 13.2 Å². The van der Waals surface area contributed by atoms with Crippen LogP contribution >= 0.6 is 0 Å². The van der Waals surface area contributed by atoms with Crippen LogP contribution in [0.5, 0.6) is 5.75 Å². The molecule has 1 aromatic carbocycles. The molecule has 2 atom stereocenters. The van der Waals surface area contributed by atoms with Gasteiger partial charge in [0.15, 0.2) is 11.4 Å². The van der Waals surface area contributed by atoms with Crippen molar-refractivity contribution in [3.8, 4) is 11.4 Å². The predicted octanol–water partition coefficient (Wildman–Crippen LogP) is 2.55. The van der Waals surface area contributed by atoms with Crippen LogP contribution in [0.25, 0.3) is 5.69 Å². The first kappa shape index (κ1) is 17.5. The summed E-state index contributed by atoms with van der Waals surface area (Å²) >= 11 is 0. The molecule has 1 aromatic heterocycles. The summed E-state index contributed by atoms with van der Waals surface area (Å²) in [5.74, 6) is 0.206. The summed E-state index contributed by atoms with van der Waals surface area (Å²) in [6.07, 6.45) is 4.50. The Morgan fingerprint density at radius 3 is 2.88 bits per heavy atom. The first-order valence-electron chi connectivity index (χ1n) is 8.77. The van der Waals surface area contributed by atoms with Crippen molar-refractivity contribution in [3.63, 3.8) is 0 Å². The zero-order valence-electron chi connectivity index (χ0n) is 14.7. The van der Waals surface area contributed by atoms with Crippen LogP contribution in [0.1, 0.15) is 43.6 Å². The fourth-order valence-electron chi connectivity index (χ4n) is 3.38. The quantitative estimate of drug-likeness (QED) is 0.845.